The van der Waals surface area contributed by atoms with Gasteiger partial charge in [-0.05, 0) is 59.7 Å². The van der Waals surface area contributed by atoms with E-state index in [1.54, 1.807) is 0 Å². The fraction of sp³-hybridized carbons (Fsp3) is 0.353. The van der Waals surface area contributed by atoms with Crippen LogP contribution in [-0.2, 0) is 23.9 Å². The van der Waals surface area contributed by atoms with Gasteiger partial charge in [-0.25, -0.2) is 4.79 Å². The molecule has 41 heavy (non-hydrogen) atoms. The highest BCUT2D eigenvalue weighted by atomic mass is 16.5. The van der Waals surface area contributed by atoms with E-state index in [1.807, 2.05) is 63.2 Å². The SMILES string of the molecule is CCCC[C@H](C(=O)OCC(=O)Nc1cc(C)ccc1C)N1C(=O)[C@@H]2C3c4ccccc4C(c4ccccc43)[C@@H]2C1=O. The number of likely N-dealkylation sites (tertiary alicyclic amines) is 1. The molecule has 1 N–H and O–H groups in total. The number of rotatable bonds is 8. The topological polar surface area (TPSA) is 92.8 Å². The number of ether oxygens (including phenoxy) is 1. The molecule has 0 saturated carbocycles. The maximum Gasteiger partial charge on any atom is 0.329 e. The molecular weight excluding hydrogens is 516 g/mol. The van der Waals surface area contributed by atoms with Crippen molar-refractivity contribution in [1.82, 2.24) is 4.90 Å². The molecule has 0 spiro atoms. The molecular formula is C34H34N2O5. The number of benzene rings is 3. The molecule has 0 aromatic heterocycles. The van der Waals surface area contributed by atoms with E-state index >= 15 is 0 Å². The number of aryl methyl sites for hydroxylation is 2. The van der Waals surface area contributed by atoms with Crippen molar-refractivity contribution >= 4 is 29.4 Å². The van der Waals surface area contributed by atoms with E-state index in [-0.39, 0.29) is 23.7 Å². The summed E-state index contributed by atoms with van der Waals surface area (Å²) >= 11 is 0. The number of esters is 1. The van der Waals surface area contributed by atoms with Crippen LogP contribution < -0.4 is 5.32 Å². The van der Waals surface area contributed by atoms with Crippen LogP contribution in [0.5, 0.6) is 0 Å². The number of hydrogen-bond donors (Lipinski definition) is 1. The molecule has 2 bridgehead atoms. The van der Waals surface area contributed by atoms with Crippen LogP contribution in [0.2, 0.25) is 0 Å². The summed E-state index contributed by atoms with van der Waals surface area (Å²) in [6, 6.07) is 20.7. The molecule has 1 saturated heterocycles. The second kappa shape index (κ2) is 10.6. The average molecular weight is 551 g/mol. The normalized spacial score (nSPS) is 22.6. The first-order valence-electron chi connectivity index (χ1n) is 14.4. The molecule has 3 aromatic rings. The predicted octanol–water partition coefficient (Wildman–Crippen LogP) is 5.24. The highest BCUT2D eigenvalue weighted by Crippen LogP contribution is 2.61. The molecule has 7 heteroatoms. The van der Waals surface area contributed by atoms with Crippen LogP contribution in [0.3, 0.4) is 0 Å². The van der Waals surface area contributed by atoms with Gasteiger partial charge in [-0.15, -0.1) is 0 Å². The van der Waals surface area contributed by atoms with Gasteiger partial charge < -0.3 is 10.1 Å². The van der Waals surface area contributed by atoms with Gasteiger partial charge in [0.2, 0.25) is 11.8 Å². The highest BCUT2D eigenvalue weighted by molar-refractivity contribution is 6.10. The number of nitrogens with zero attached hydrogens (tertiary/aromatic N) is 1. The first-order valence-corrected chi connectivity index (χ1v) is 14.4. The second-order valence-electron chi connectivity index (χ2n) is 11.4. The number of amides is 3. The van der Waals surface area contributed by atoms with Gasteiger partial charge in [0, 0.05) is 17.5 Å². The maximum atomic E-state index is 14.1. The Bertz CT molecular complexity index is 1450. The van der Waals surface area contributed by atoms with Gasteiger partial charge in [0.15, 0.2) is 6.61 Å². The third kappa shape index (κ3) is 4.44. The van der Waals surface area contributed by atoms with Crippen LogP contribution in [0, 0.1) is 25.7 Å². The van der Waals surface area contributed by atoms with Gasteiger partial charge in [0.25, 0.3) is 5.91 Å². The van der Waals surface area contributed by atoms with E-state index in [2.05, 4.69) is 29.6 Å². The number of anilines is 1. The Morgan fingerprint density at radius 2 is 1.39 bits per heavy atom. The van der Waals surface area contributed by atoms with Crippen molar-refractivity contribution < 1.29 is 23.9 Å². The van der Waals surface area contributed by atoms with Crippen molar-refractivity contribution in [1.29, 1.82) is 0 Å². The number of nitrogens with one attached hydrogen (secondary N) is 1. The van der Waals surface area contributed by atoms with Crippen LogP contribution >= 0.6 is 0 Å². The average Bonchev–Trinajstić information content (AvgIpc) is 3.24. The lowest BCUT2D eigenvalue weighted by Crippen LogP contribution is -2.47. The molecule has 3 aromatic carbocycles. The standard InChI is InChI=1S/C34H34N2O5/c1-4-5-14-26(34(40)41-18-27(37)35-25-17-19(2)15-16-20(25)3)36-32(38)30-28-21-10-6-7-11-22(21)29(31(30)33(36)39)24-13-9-8-12-23(24)28/h6-13,15-17,26,28-31H,4-5,14,18H2,1-3H3,(H,35,37)/t26-,28?,29?,30-,31+/m1/s1. The number of carbonyl (C=O) groups is 4. The first-order chi connectivity index (χ1) is 19.8. The number of hydrogen-bond acceptors (Lipinski definition) is 5. The van der Waals surface area contributed by atoms with Gasteiger partial charge in [0.05, 0.1) is 11.8 Å². The Morgan fingerprint density at radius 1 is 0.854 bits per heavy atom. The first kappa shape index (κ1) is 26.9. The minimum Gasteiger partial charge on any atom is -0.454 e. The monoisotopic (exact) mass is 550 g/mol. The molecule has 3 atom stereocenters. The molecule has 3 amide bonds. The summed E-state index contributed by atoms with van der Waals surface area (Å²) in [6.45, 7) is 5.30. The summed E-state index contributed by atoms with van der Waals surface area (Å²) in [4.78, 5) is 55.6. The summed E-state index contributed by atoms with van der Waals surface area (Å²) in [6.07, 6.45) is 1.70. The summed E-state index contributed by atoms with van der Waals surface area (Å²) in [5.74, 6) is -3.47. The summed E-state index contributed by atoms with van der Waals surface area (Å²) in [5, 5.41) is 2.79. The summed E-state index contributed by atoms with van der Waals surface area (Å²) in [5.41, 5.74) is 6.86. The molecule has 4 aliphatic rings. The van der Waals surface area contributed by atoms with Crippen LogP contribution in [0.25, 0.3) is 0 Å². The summed E-state index contributed by atoms with van der Waals surface area (Å²) < 4.78 is 5.46. The zero-order valence-corrected chi connectivity index (χ0v) is 23.6. The molecule has 7 nitrogen and oxygen atoms in total. The largest absolute Gasteiger partial charge is 0.454 e. The molecule has 1 fully saturated rings. The fourth-order valence-electron chi connectivity index (χ4n) is 7.05. The van der Waals surface area contributed by atoms with E-state index in [9.17, 15) is 19.2 Å². The van der Waals surface area contributed by atoms with Crippen molar-refractivity contribution in [3.63, 3.8) is 0 Å². The maximum absolute atomic E-state index is 14.1. The Kier molecular flexibility index (Phi) is 6.98. The molecule has 1 aliphatic heterocycles. The van der Waals surface area contributed by atoms with Crippen molar-refractivity contribution in [3.8, 4) is 0 Å². The van der Waals surface area contributed by atoms with Crippen LogP contribution in [0.4, 0.5) is 5.69 Å². The molecule has 210 valence electrons. The Labute approximate surface area is 239 Å². The van der Waals surface area contributed by atoms with Gasteiger partial charge in [0.1, 0.15) is 6.04 Å². The Morgan fingerprint density at radius 3 is 1.90 bits per heavy atom. The lowest BCUT2D eigenvalue weighted by molar-refractivity contribution is -0.160. The minimum atomic E-state index is -1.07. The van der Waals surface area contributed by atoms with Crippen LogP contribution in [0.15, 0.2) is 66.7 Å². The number of imide groups is 1. The Balaban J connectivity index is 1.26. The van der Waals surface area contributed by atoms with E-state index in [0.29, 0.717) is 18.5 Å². The lowest BCUT2D eigenvalue weighted by Gasteiger charge is -2.45. The van der Waals surface area contributed by atoms with Gasteiger partial charge >= 0.3 is 5.97 Å². The quantitative estimate of drug-likeness (QED) is 0.306. The molecule has 3 aliphatic carbocycles. The molecule has 0 unspecified atom stereocenters. The van der Waals surface area contributed by atoms with Crippen molar-refractivity contribution in [2.24, 2.45) is 11.8 Å². The third-order valence-electron chi connectivity index (χ3n) is 8.91. The molecule has 0 radical (unpaired) electrons. The second-order valence-corrected chi connectivity index (χ2v) is 11.4. The zero-order chi connectivity index (χ0) is 28.8. The van der Waals surface area contributed by atoms with E-state index in [0.717, 1.165) is 39.8 Å². The van der Waals surface area contributed by atoms with Crippen LogP contribution in [-0.4, -0.2) is 41.2 Å². The highest BCUT2D eigenvalue weighted by Gasteiger charge is 2.63. The third-order valence-corrected chi connectivity index (χ3v) is 8.91. The minimum absolute atomic E-state index is 0.245. The van der Waals surface area contributed by atoms with Gasteiger partial charge in [-0.1, -0.05) is 80.4 Å². The lowest BCUT2D eigenvalue weighted by atomic mass is 9.55. The number of carbonyl (C=O) groups excluding carboxylic acids is 4. The van der Waals surface area contributed by atoms with Crippen molar-refractivity contribution in [2.45, 2.75) is 57.9 Å². The van der Waals surface area contributed by atoms with Gasteiger partial charge in [-0.3, -0.25) is 19.3 Å². The van der Waals surface area contributed by atoms with Crippen molar-refractivity contribution in [2.75, 3.05) is 11.9 Å². The van der Waals surface area contributed by atoms with Crippen molar-refractivity contribution in [3.05, 3.63) is 100 Å². The van der Waals surface area contributed by atoms with E-state index in [1.165, 1.54) is 4.90 Å². The summed E-state index contributed by atoms with van der Waals surface area (Å²) in [7, 11) is 0. The predicted molar refractivity (Wildman–Crippen MR) is 154 cm³/mol. The number of unbranched alkanes of at least 4 members (excludes halogenated alkanes) is 1. The smallest absolute Gasteiger partial charge is 0.329 e. The van der Waals surface area contributed by atoms with Gasteiger partial charge in [-0.2, -0.15) is 0 Å². The fourth-order valence-corrected chi connectivity index (χ4v) is 7.05. The van der Waals surface area contributed by atoms with Crippen LogP contribution in [0.1, 0.15) is 71.4 Å². The van der Waals surface area contributed by atoms with E-state index in [4.69, 9.17) is 4.74 Å². The molecule has 1 heterocycles. The Hall–Kier alpha value is -4.26. The molecule has 7 rings (SSSR count). The van der Waals surface area contributed by atoms with E-state index < -0.39 is 36.4 Å². The zero-order valence-electron chi connectivity index (χ0n) is 23.6.